The zero-order valence-corrected chi connectivity index (χ0v) is 11.4. The normalized spacial score (nSPS) is 16.6. The van der Waals surface area contributed by atoms with Gasteiger partial charge in [0.1, 0.15) is 0 Å². The van der Waals surface area contributed by atoms with Crippen LogP contribution in [0.15, 0.2) is 18.2 Å². The van der Waals surface area contributed by atoms with E-state index in [4.69, 9.17) is 5.26 Å². The van der Waals surface area contributed by atoms with Crippen molar-refractivity contribution in [1.29, 1.82) is 5.26 Å². The third-order valence-corrected chi connectivity index (χ3v) is 4.01. The molecule has 1 saturated heterocycles. The lowest BCUT2D eigenvalue weighted by atomic mass is 9.92. The predicted molar refractivity (Wildman–Crippen MR) is 75.7 cm³/mol. The molecular formula is C16H22N2. The molecule has 0 amide bonds. The molecular weight excluding hydrogens is 220 g/mol. The van der Waals surface area contributed by atoms with Crippen molar-refractivity contribution < 1.29 is 0 Å². The lowest BCUT2D eigenvalue weighted by Crippen LogP contribution is -2.34. The number of anilines is 1. The molecule has 0 aromatic heterocycles. The van der Waals surface area contributed by atoms with Gasteiger partial charge in [-0.15, -0.1) is 0 Å². The second-order valence-corrected chi connectivity index (χ2v) is 5.23. The average molecular weight is 242 g/mol. The Balaban J connectivity index is 2.12. The van der Waals surface area contributed by atoms with Crippen LogP contribution in [0.4, 0.5) is 5.69 Å². The molecule has 1 aliphatic heterocycles. The van der Waals surface area contributed by atoms with Gasteiger partial charge in [-0.2, -0.15) is 5.26 Å². The molecule has 0 radical (unpaired) electrons. The maximum Gasteiger partial charge on any atom is 0.0624 e. The molecule has 0 bridgehead atoms. The molecule has 0 saturated carbocycles. The molecule has 96 valence electrons. The SMILES string of the molecule is CCc1cccc(C)c1N1CCC(CC#N)CC1. The van der Waals surface area contributed by atoms with Gasteiger partial charge in [0, 0.05) is 25.2 Å². The van der Waals surface area contributed by atoms with E-state index >= 15 is 0 Å². The smallest absolute Gasteiger partial charge is 0.0624 e. The highest BCUT2D eigenvalue weighted by molar-refractivity contribution is 5.59. The lowest BCUT2D eigenvalue weighted by Gasteiger charge is -2.35. The minimum atomic E-state index is 0.611. The van der Waals surface area contributed by atoms with Gasteiger partial charge in [-0.05, 0) is 43.2 Å². The molecule has 1 aromatic carbocycles. The van der Waals surface area contributed by atoms with Crippen molar-refractivity contribution in [3.63, 3.8) is 0 Å². The number of hydrogen-bond donors (Lipinski definition) is 0. The highest BCUT2D eigenvalue weighted by Crippen LogP contribution is 2.30. The van der Waals surface area contributed by atoms with Crippen LogP contribution in [0.1, 0.15) is 37.3 Å². The van der Waals surface area contributed by atoms with Crippen molar-refractivity contribution in [3.8, 4) is 6.07 Å². The highest BCUT2D eigenvalue weighted by atomic mass is 15.1. The number of nitrogens with zero attached hydrogens (tertiary/aromatic N) is 2. The van der Waals surface area contributed by atoms with Crippen LogP contribution in [-0.2, 0) is 6.42 Å². The zero-order valence-electron chi connectivity index (χ0n) is 11.4. The number of benzene rings is 1. The van der Waals surface area contributed by atoms with E-state index in [1.165, 1.54) is 16.8 Å². The van der Waals surface area contributed by atoms with Gasteiger partial charge < -0.3 is 4.90 Å². The van der Waals surface area contributed by atoms with Crippen molar-refractivity contribution in [3.05, 3.63) is 29.3 Å². The summed E-state index contributed by atoms with van der Waals surface area (Å²) < 4.78 is 0. The fourth-order valence-electron chi connectivity index (χ4n) is 2.95. The van der Waals surface area contributed by atoms with E-state index in [0.29, 0.717) is 5.92 Å². The van der Waals surface area contributed by atoms with E-state index in [1.807, 2.05) is 0 Å². The third kappa shape index (κ3) is 2.67. The van der Waals surface area contributed by atoms with Crippen LogP contribution in [0.2, 0.25) is 0 Å². The Hall–Kier alpha value is -1.49. The predicted octanol–water partition coefficient (Wildman–Crippen LogP) is 3.69. The van der Waals surface area contributed by atoms with Crippen molar-refractivity contribution in [2.75, 3.05) is 18.0 Å². The minimum absolute atomic E-state index is 0.611. The molecule has 0 spiro atoms. The fourth-order valence-corrected chi connectivity index (χ4v) is 2.95. The largest absolute Gasteiger partial charge is 0.371 e. The molecule has 0 N–H and O–H groups in total. The first kappa shape index (κ1) is 13.0. The Labute approximate surface area is 110 Å². The molecule has 2 heteroatoms. The minimum Gasteiger partial charge on any atom is -0.371 e. The van der Waals surface area contributed by atoms with Crippen molar-refractivity contribution in [2.45, 2.75) is 39.5 Å². The molecule has 18 heavy (non-hydrogen) atoms. The van der Waals surface area contributed by atoms with Gasteiger partial charge in [0.15, 0.2) is 0 Å². The quantitative estimate of drug-likeness (QED) is 0.808. The summed E-state index contributed by atoms with van der Waals surface area (Å²) in [5.41, 5.74) is 4.28. The Bertz CT molecular complexity index is 437. The summed E-state index contributed by atoms with van der Waals surface area (Å²) in [4.78, 5) is 2.52. The van der Waals surface area contributed by atoms with Gasteiger partial charge >= 0.3 is 0 Å². The number of hydrogen-bond acceptors (Lipinski definition) is 2. The lowest BCUT2D eigenvalue weighted by molar-refractivity contribution is 0.412. The van der Waals surface area contributed by atoms with Gasteiger partial charge in [0.25, 0.3) is 0 Å². The van der Waals surface area contributed by atoms with Crippen molar-refractivity contribution in [2.24, 2.45) is 5.92 Å². The van der Waals surface area contributed by atoms with Crippen LogP contribution in [0.3, 0.4) is 0 Å². The summed E-state index contributed by atoms with van der Waals surface area (Å²) in [5.74, 6) is 0.611. The van der Waals surface area contributed by atoms with Gasteiger partial charge in [-0.1, -0.05) is 25.1 Å². The molecule has 1 aromatic rings. The van der Waals surface area contributed by atoms with Gasteiger partial charge in [-0.3, -0.25) is 0 Å². The molecule has 2 nitrogen and oxygen atoms in total. The molecule has 2 rings (SSSR count). The summed E-state index contributed by atoms with van der Waals surface area (Å²) >= 11 is 0. The average Bonchev–Trinajstić information content (AvgIpc) is 2.40. The van der Waals surface area contributed by atoms with Crippen molar-refractivity contribution in [1.82, 2.24) is 0 Å². The molecule has 1 aliphatic rings. The topological polar surface area (TPSA) is 27.0 Å². The van der Waals surface area contributed by atoms with E-state index < -0.39 is 0 Å². The van der Waals surface area contributed by atoms with Gasteiger partial charge in [-0.25, -0.2) is 0 Å². The number of para-hydroxylation sites is 1. The van der Waals surface area contributed by atoms with Gasteiger partial charge in [0.05, 0.1) is 6.07 Å². The maximum absolute atomic E-state index is 8.76. The highest BCUT2D eigenvalue weighted by Gasteiger charge is 2.21. The molecule has 0 aliphatic carbocycles. The number of nitriles is 1. The Morgan fingerprint density at radius 3 is 2.67 bits per heavy atom. The van der Waals surface area contributed by atoms with E-state index in [9.17, 15) is 0 Å². The molecule has 0 atom stereocenters. The van der Waals surface area contributed by atoms with Crippen LogP contribution in [0.25, 0.3) is 0 Å². The van der Waals surface area contributed by atoms with E-state index in [1.54, 1.807) is 0 Å². The van der Waals surface area contributed by atoms with Crippen LogP contribution in [-0.4, -0.2) is 13.1 Å². The van der Waals surface area contributed by atoms with E-state index in [-0.39, 0.29) is 0 Å². The van der Waals surface area contributed by atoms with Crippen molar-refractivity contribution >= 4 is 5.69 Å². The molecule has 1 fully saturated rings. The van der Waals surface area contributed by atoms with Gasteiger partial charge in [0.2, 0.25) is 0 Å². The Kier molecular flexibility index (Phi) is 4.25. The second kappa shape index (κ2) is 5.91. The van der Waals surface area contributed by atoms with Crippen LogP contribution in [0.5, 0.6) is 0 Å². The summed E-state index contributed by atoms with van der Waals surface area (Å²) in [6.07, 6.45) is 4.13. The monoisotopic (exact) mass is 242 g/mol. The summed E-state index contributed by atoms with van der Waals surface area (Å²) in [5, 5.41) is 8.76. The van der Waals surface area contributed by atoms with Crippen LogP contribution < -0.4 is 4.90 Å². The van der Waals surface area contributed by atoms with E-state index in [0.717, 1.165) is 38.8 Å². The number of rotatable bonds is 3. The number of aryl methyl sites for hydroxylation is 2. The first-order valence-corrected chi connectivity index (χ1v) is 6.96. The third-order valence-electron chi connectivity index (χ3n) is 4.01. The second-order valence-electron chi connectivity index (χ2n) is 5.23. The van der Waals surface area contributed by atoms with Crippen LogP contribution >= 0.6 is 0 Å². The van der Waals surface area contributed by atoms with Crippen LogP contribution in [0, 0.1) is 24.2 Å². The first-order valence-electron chi connectivity index (χ1n) is 6.96. The summed E-state index contributed by atoms with van der Waals surface area (Å²) in [7, 11) is 0. The summed E-state index contributed by atoms with van der Waals surface area (Å²) in [6.45, 7) is 6.63. The van der Waals surface area contributed by atoms with E-state index in [2.05, 4.69) is 43.0 Å². The number of piperidine rings is 1. The first-order chi connectivity index (χ1) is 8.76. The molecule has 0 unspecified atom stereocenters. The standard InChI is InChI=1S/C16H22N2/c1-3-15-6-4-5-13(2)16(15)18-11-8-14(7-10-17)9-12-18/h4-6,14H,3,7-9,11-12H2,1-2H3. The Morgan fingerprint density at radius 2 is 2.06 bits per heavy atom. The Morgan fingerprint density at radius 1 is 1.33 bits per heavy atom. The maximum atomic E-state index is 8.76. The molecule has 1 heterocycles. The fraction of sp³-hybridized carbons (Fsp3) is 0.562. The zero-order chi connectivity index (χ0) is 13.0. The summed E-state index contributed by atoms with van der Waals surface area (Å²) in [6, 6.07) is 8.90.